The second-order valence-corrected chi connectivity index (χ2v) is 11.0. The molecule has 1 heterocycles. The van der Waals surface area contributed by atoms with Crippen LogP contribution in [0.2, 0.25) is 0 Å². The van der Waals surface area contributed by atoms with Gasteiger partial charge < -0.3 is 4.90 Å². The van der Waals surface area contributed by atoms with Crippen LogP contribution in [0.5, 0.6) is 0 Å². The van der Waals surface area contributed by atoms with E-state index in [2.05, 4.69) is 41.0 Å². The van der Waals surface area contributed by atoms with Gasteiger partial charge >= 0.3 is 0 Å². The summed E-state index contributed by atoms with van der Waals surface area (Å²) in [5.74, 6) is -4.96. The zero-order valence-corrected chi connectivity index (χ0v) is 23.4. The van der Waals surface area contributed by atoms with Crippen molar-refractivity contribution >= 4 is 29.4 Å². The number of aryl methyl sites for hydroxylation is 1. The largest absolute Gasteiger partial charge is 0.369 e. The van der Waals surface area contributed by atoms with Crippen LogP contribution in [0.15, 0.2) is 71.8 Å². The molecule has 0 bridgehead atoms. The quantitative estimate of drug-likeness (QED) is 0.230. The number of Topliss-reactive ketones (excluding diaryl/α,β-unsaturated/α-hetero) is 2. The van der Waals surface area contributed by atoms with Gasteiger partial charge in [-0.2, -0.15) is 0 Å². The minimum Gasteiger partial charge on any atom is -0.369 e. The highest BCUT2D eigenvalue weighted by Gasteiger charge is 2.32. The van der Waals surface area contributed by atoms with Crippen molar-refractivity contribution in [3.63, 3.8) is 0 Å². The van der Waals surface area contributed by atoms with E-state index in [-0.39, 0.29) is 35.6 Å². The number of rotatable bonds is 7. The van der Waals surface area contributed by atoms with Crippen molar-refractivity contribution in [2.24, 2.45) is 5.92 Å². The van der Waals surface area contributed by atoms with E-state index in [9.17, 15) is 27.2 Å². The van der Waals surface area contributed by atoms with E-state index >= 15 is 0 Å². The summed E-state index contributed by atoms with van der Waals surface area (Å²) in [6.45, 7) is 6.02. The molecule has 1 aliphatic heterocycles. The van der Waals surface area contributed by atoms with Crippen LogP contribution in [0, 0.1) is 36.1 Å². The number of hydrogen-bond acceptors (Lipinski definition) is 4. The van der Waals surface area contributed by atoms with Gasteiger partial charge in [-0.3, -0.25) is 14.5 Å². The van der Waals surface area contributed by atoms with Gasteiger partial charge in [0, 0.05) is 61.9 Å². The fourth-order valence-corrected chi connectivity index (χ4v) is 5.54. The topological polar surface area (TPSA) is 40.6 Å². The summed E-state index contributed by atoms with van der Waals surface area (Å²) < 4.78 is 54.6. The fourth-order valence-electron chi connectivity index (χ4n) is 5.54. The first kappa shape index (κ1) is 29.5. The Hall–Kier alpha value is -4.04. The lowest BCUT2D eigenvalue weighted by atomic mass is 9.77. The van der Waals surface area contributed by atoms with E-state index in [1.165, 1.54) is 35.5 Å². The van der Waals surface area contributed by atoms with E-state index in [1.807, 2.05) is 0 Å². The average molecular weight is 577 g/mol. The summed E-state index contributed by atoms with van der Waals surface area (Å²) in [4.78, 5) is 31.4. The van der Waals surface area contributed by atoms with Gasteiger partial charge in [-0.1, -0.05) is 29.8 Å². The van der Waals surface area contributed by atoms with E-state index in [0.29, 0.717) is 24.1 Å². The summed E-state index contributed by atoms with van der Waals surface area (Å²) in [5.41, 5.74) is 3.56. The van der Waals surface area contributed by atoms with Gasteiger partial charge in [-0.25, -0.2) is 17.6 Å². The highest BCUT2D eigenvalue weighted by Crippen LogP contribution is 2.34. The smallest absolute Gasteiger partial charge is 0.185 e. The summed E-state index contributed by atoms with van der Waals surface area (Å²) >= 11 is 0. The third kappa shape index (κ3) is 7.05. The van der Waals surface area contributed by atoms with Crippen LogP contribution < -0.4 is 4.90 Å². The molecule has 42 heavy (non-hydrogen) atoms. The highest BCUT2D eigenvalue weighted by atomic mass is 19.2. The van der Waals surface area contributed by atoms with E-state index in [0.717, 1.165) is 50.4 Å². The number of ketones is 2. The zero-order valence-electron chi connectivity index (χ0n) is 23.4. The molecule has 1 aliphatic carbocycles. The Balaban J connectivity index is 1.29. The summed E-state index contributed by atoms with van der Waals surface area (Å²) in [6, 6.07) is 15.1. The fraction of sp³-hybridized carbons (Fsp3) is 0.294. The lowest BCUT2D eigenvalue weighted by Crippen LogP contribution is -2.47. The number of carbonyl (C=O) groups is 2. The second kappa shape index (κ2) is 12.9. The van der Waals surface area contributed by atoms with Crippen molar-refractivity contribution in [2.45, 2.75) is 26.2 Å². The number of benzene rings is 3. The zero-order chi connectivity index (χ0) is 29.8. The van der Waals surface area contributed by atoms with E-state index in [4.69, 9.17) is 0 Å². The molecule has 0 atom stereocenters. The lowest BCUT2D eigenvalue weighted by molar-refractivity contribution is -0.124. The number of halogens is 4. The monoisotopic (exact) mass is 576 g/mol. The lowest BCUT2D eigenvalue weighted by Gasteiger charge is -2.36. The number of piperazine rings is 1. The molecule has 0 aromatic heterocycles. The van der Waals surface area contributed by atoms with Gasteiger partial charge in [-0.05, 0) is 79.4 Å². The molecule has 2 fully saturated rings. The molecule has 8 heteroatoms. The van der Waals surface area contributed by atoms with Crippen LogP contribution in [0.4, 0.5) is 23.2 Å². The third-order valence-electron chi connectivity index (χ3n) is 7.99. The second-order valence-electron chi connectivity index (χ2n) is 11.0. The van der Waals surface area contributed by atoms with Gasteiger partial charge in [0.1, 0.15) is 5.78 Å². The van der Waals surface area contributed by atoms with E-state index in [1.54, 1.807) is 0 Å². The normalized spacial score (nSPS) is 20.0. The molecular formula is C34H32F4N2O2. The highest BCUT2D eigenvalue weighted by molar-refractivity contribution is 6.15. The van der Waals surface area contributed by atoms with Crippen LogP contribution in [0.3, 0.4) is 0 Å². The molecule has 5 rings (SSSR count). The number of hydrogen-bond donors (Lipinski definition) is 0. The first-order valence-electron chi connectivity index (χ1n) is 14.1. The van der Waals surface area contributed by atoms with Gasteiger partial charge in [0.15, 0.2) is 29.1 Å². The Kier molecular flexibility index (Phi) is 9.02. The van der Waals surface area contributed by atoms with Crippen LogP contribution in [-0.4, -0.2) is 49.2 Å². The standard InChI is InChI=1S/C34H32F4N2O2/c1-22-2-6-28(7-3-22)40-14-12-39(13-15-40)11-10-33(41)25-20-26(16-23-4-8-29(35)31(37)18-23)34(42)27(21-25)17-24-5-9-30(36)32(38)19-24/h2-9,16-19,25H,10-15,20-21H2,1H3/b26-16+,27-17+. The van der Waals surface area contributed by atoms with Gasteiger partial charge in [0.2, 0.25) is 0 Å². The number of anilines is 1. The molecule has 3 aromatic rings. The molecule has 1 saturated carbocycles. The van der Waals surface area contributed by atoms with Gasteiger partial charge in [0.25, 0.3) is 0 Å². The third-order valence-corrected chi connectivity index (χ3v) is 7.99. The Morgan fingerprint density at radius 3 is 1.79 bits per heavy atom. The molecule has 2 aliphatic rings. The minimum atomic E-state index is -1.04. The molecule has 0 spiro atoms. The Morgan fingerprint density at radius 1 is 0.762 bits per heavy atom. The first-order chi connectivity index (χ1) is 20.2. The predicted octanol–water partition coefficient (Wildman–Crippen LogP) is 6.78. The molecule has 3 aromatic carbocycles. The Bertz CT molecular complexity index is 1470. The molecule has 0 unspecified atom stereocenters. The molecule has 0 N–H and O–H groups in total. The SMILES string of the molecule is Cc1ccc(N2CCN(CCC(=O)C3C/C(=C\c4ccc(F)c(F)c4)C(=O)/C(=C/c4ccc(F)c(F)c4)C3)CC2)cc1. The molecule has 0 amide bonds. The average Bonchev–Trinajstić information content (AvgIpc) is 2.98. The minimum absolute atomic E-state index is 0.00385. The first-order valence-corrected chi connectivity index (χ1v) is 14.1. The van der Waals surface area contributed by atoms with Crippen LogP contribution in [0.25, 0.3) is 12.2 Å². The number of nitrogens with zero attached hydrogens (tertiary/aromatic N) is 2. The van der Waals surface area contributed by atoms with Crippen LogP contribution >= 0.6 is 0 Å². The Labute approximate surface area is 242 Å². The predicted molar refractivity (Wildman–Crippen MR) is 156 cm³/mol. The maximum absolute atomic E-state index is 13.9. The van der Waals surface area contributed by atoms with Crippen molar-refractivity contribution in [3.8, 4) is 0 Å². The number of allylic oxidation sites excluding steroid dienone is 2. The van der Waals surface area contributed by atoms with Crippen molar-refractivity contribution in [1.82, 2.24) is 4.90 Å². The summed E-state index contributed by atoms with van der Waals surface area (Å²) in [6.07, 6.45) is 3.56. The van der Waals surface area contributed by atoms with Crippen molar-refractivity contribution < 1.29 is 27.2 Å². The van der Waals surface area contributed by atoms with Crippen molar-refractivity contribution in [3.05, 3.63) is 112 Å². The Morgan fingerprint density at radius 2 is 1.29 bits per heavy atom. The number of carbonyl (C=O) groups excluding carboxylic acids is 2. The molecule has 1 saturated heterocycles. The molecule has 218 valence electrons. The molecular weight excluding hydrogens is 544 g/mol. The summed E-state index contributed by atoms with van der Waals surface area (Å²) in [7, 11) is 0. The summed E-state index contributed by atoms with van der Waals surface area (Å²) in [5, 5.41) is 0. The van der Waals surface area contributed by atoms with Crippen molar-refractivity contribution in [1.29, 1.82) is 0 Å². The molecule has 0 radical (unpaired) electrons. The van der Waals surface area contributed by atoms with Crippen LogP contribution in [-0.2, 0) is 9.59 Å². The van der Waals surface area contributed by atoms with Crippen LogP contribution in [0.1, 0.15) is 36.0 Å². The van der Waals surface area contributed by atoms with Gasteiger partial charge in [-0.15, -0.1) is 0 Å². The van der Waals surface area contributed by atoms with E-state index < -0.39 is 29.2 Å². The van der Waals surface area contributed by atoms with Crippen molar-refractivity contribution in [2.75, 3.05) is 37.6 Å². The van der Waals surface area contributed by atoms with Gasteiger partial charge in [0.05, 0.1) is 0 Å². The maximum Gasteiger partial charge on any atom is 0.185 e. The maximum atomic E-state index is 13.9. The molecule has 4 nitrogen and oxygen atoms in total.